The average molecular weight is 200 g/mol. The fourth-order valence-corrected chi connectivity index (χ4v) is 2.09. The highest BCUT2D eigenvalue weighted by Crippen LogP contribution is 2.49. The van der Waals surface area contributed by atoms with Crippen LogP contribution in [-0.2, 0) is 4.79 Å². The molecule has 3 unspecified atom stereocenters. The van der Waals surface area contributed by atoms with Gasteiger partial charge in [0.05, 0.1) is 5.41 Å². The highest BCUT2D eigenvalue weighted by atomic mass is 19.1. The number of hydrogen-bond donors (Lipinski definition) is 1. The van der Waals surface area contributed by atoms with Crippen LogP contribution in [0.1, 0.15) is 26.2 Å². The predicted octanol–water partition coefficient (Wildman–Crippen LogP) is 0.684. The molecule has 4 heteroatoms. The summed E-state index contributed by atoms with van der Waals surface area (Å²) in [7, 11) is 0. The number of likely N-dealkylation sites (tertiary alicyclic amines) is 1. The number of halogens is 1. The standard InChI is InChI=1S/C10H17FN2O/c1-10(5-8(10)11)9(14)13-4-2-3-7(12)6-13/h7-8H,2-6,12H2,1H3. The van der Waals surface area contributed by atoms with Crippen LogP contribution >= 0.6 is 0 Å². The Labute approximate surface area is 83.4 Å². The number of alkyl halides is 1. The van der Waals surface area contributed by atoms with E-state index in [2.05, 4.69) is 0 Å². The lowest BCUT2D eigenvalue weighted by atomic mass is 10.0. The van der Waals surface area contributed by atoms with Crippen molar-refractivity contribution >= 4 is 5.91 Å². The summed E-state index contributed by atoms with van der Waals surface area (Å²) in [6.07, 6.45) is 1.37. The van der Waals surface area contributed by atoms with Gasteiger partial charge < -0.3 is 10.6 Å². The van der Waals surface area contributed by atoms with E-state index in [9.17, 15) is 9.18 Å². The van der Waals surface area contributed by atoms with Gasteiger partial charge in [-0.2, -0.15) is 0 Å². The van der Waals surface area contributed by atoms with Crippen LogP contribution in [0.3, 0.4) is 0 Å². The lowest BCUT2D eigenvalue weighted by molar-refractivity contribution is -0.138. The summed E-state index contributed by atoms with van der Waals surface area (Å²) in [4.78, 5) is 13.6. The summed E-state index contributed by atoms with van der Waals surface area (Å²) in [5.74, 6) is -0.0415. The SMILES string of the molecule is CC1(C(=O)N2CCCC(N)C2)CC1F. The molecule has 2 fully saturated rings. The van der Waals surface area contributed by atoms with Crippen molar-refractivity contribution in [2.75, 3.05) is 13.1 Å². The van der Waals surface area contributed by atoms with Crippen molar-refractivity contribution in [2.24, 2.45) is 11.1 Å². The van der Waals surface area contributed by atoms with Gasteiger partial charge in [0.25, 0.3) is 0 Å². The molecule has 0 radical (unpaired) electrons. The van der Waals surface area contributed by atoms with Crippen molar-refractivity contribution < 1.29 is 9.18 Å². The minimum atomic E-state index is -0.937. The van der Waals surface area contributed by atoms with Gasteiger partial charge in [-0.1, -0.05) is 0 Å². The Bertz CT molecular complexity index is 259. The molecule has 1 aliphatic carbocycles. The summed E-state index contributed by atoms with van der Waals surface area (Å²) in [6.45, 7) is 3.05. The molecule has 0 aromatic carbocycles. The Morgan fingerprint density at radius 3 is 2.79 bits per heavy atom. The zero-order chi connectivity index (χ0) is 10.3. The number of nitrogens with zero attached hydrogens (tertiary/aromatic N) is 1. The monoisotopic (exact) mass is 200 g/mol. The first-order valence-corrected chi connectivity index (χ1v) is 5.23. The molecule has 2 aliphatic rings. The second kappa shape index (κ2) is 3.19. The molecule has 80 valence electrons. The third-order valence-electron chi connectivity index (χ3n) is 3.37. The summed E-state index contributed by atoms with van der Waals surface area (Å²) in [5, 5.41) is 0. The van der Waals surface area contributed by atoms with Crippen LogP contribution in [0, 0.1) is 5.41 Å². The Morgan fingerprint density at radius 2 is 2.29 bits per heavy atom. The maximum atomic E-state index is 13.0. The van der Waals surface area contributed by atoms with Gasteiger partial charge in [0, 0.05) is 19.1 Å². The smallest absolute Gasteiger partial charge is 0.231 e. The van der Waals surface area contributed by atoms with Gasteiger partial charge in [0.2, 0.25) is 5.91 Å². The van der Waals surface area contributed by atoms with Crippen molar-refractivity contribution in [1.82, 2.24) is 4.90 Å². The topological polar surface area (TPSA) is 46.3 Å². The second-order valence-corrected chi connectivity index (χ2v) is 4.74. The molecule has 2 N–H and O–H groups in total. The van der Waals surface area contributed by atoms with Gasteiger partial charge in [-0.05, 0) is 26.2 Å². The maximum Gasteiger partial charge on any atom is 0.231 e. The molecule has 1 amide bonds. The van der Waals surface area contributed by atoms with Crippen molar-refractivity contribution in [3.05, 3.63) is 0 Å². The van der Waals surface area contributed by atoms with Crippen LogP contribution in [0.25, 0.3) is 0 Å². The molecule has 3 nitrogen and oxygen atoms in total. The summed E-state index contributed by atoms with van der Waals surface area (Å²) in [5.41, 5.74) is 5.05. The molecule has 0 aromatic rings. The first-order chi connectivity index (χ1) is 6.54. The Kier molecular flexibility index (Phi) is 2.26. The molecular formula is C10H17FN2O. The maximum absolute atomic E-state index is 13.0. The zero-order valence-electron chi connectivity index (χ0n) is 8.50. The molecule has 14 heavy (non-hydrogen) atoms. The van der Waals surface area contributed by atoms with Gasteiger partial charge >= 0.3 is 0 Å². The molecule has 1 saturated heterocycles. The van der Waals surface area contributed by atoms with Crippen LogP contribution < -0.4 is 5.73 Å². The van der Waals surface area contributed by atoms with Gasteiger partial charge in [0.15, 0.2) is 0 Å². The molecule has 0 spiro atoms. The van der Waals surface area contributed by atoms with E-state index in [1.54, 1.807) is 11.8 Å². The van der Waals surface area contributed by atoms with E-state index in [1.165, 1.54) is 0 Å². The van der Waals surface area contributed by atoms with Crippen molar-refractivity contribution in [2.45, 2.75) is 38.4 Å². The lowest BCUT2D eigenvalue weighted by Gasteiger charge is -2.32. The van der Waals surface area contributed by atoms with Crippen LogP contribution in [0.15, 0.2) is 0 Å². The number of piperidine rings is 1. The van der Waals surface area contributed by atoms with E-state index >= 15 is 0 Å². The summed E-state index contributed by atoms with van der Waals surface area (Å²) >= 11 is 0. The average Bonchev–Trinajstić information content (AvgIpc) is 2.75. The molecule has 1 aliphatic heterocycles. The zero-order valence-corrected chi connectivity index (χ0v) is 8.50. The van der Waals surface area contributed by atoms with E-state index in [0.29, 0.717) is 13.0 Å². The molecule has 0 bridgehead atoms. The van der Waals surface area contributed by atoms with Gasteiger partial charge in [0.1, 0.15) is 6.17 Å². The van der Waals surface area contributed by atoms with Gasteiger partial charge in [-0.25, -0.2) is 4.39 Å². The van der Waals surface area contributed by atoms with E-state index in [4.69, 9.17) is 5.73 Å². The summed E-state index contributed by atoms with van der Waals surface area (Å²) in [6, 6.07) is 0.0770. The van der Waals surface area contributed by atoms with Crippen LogP contribution in [-0.4, -0.2) is 36.1 Å². The van der Waals surface area contributed by atoms with Crippen LogP contribution in [0.4, 0.5) is 4.39 Å². The lowest BCUT2D eigenvalue weighted by Crippen LogP contribution is -2.48. The number of carbonyl (C=O) groups excluding carboxylic acids is 1. The van der Waals surface area contributed by atoms with Crippen LogP contribution in [0.2, 0.25) is 0 Å². The van der Waals surface area contributed by atoms with Crippen molar-refractivity contribution in [1.29, 1.82) is 0 Å². The van der Waals surface area contributed by atoms with Gasteiger partial charge in [-0.15, -0.1) is 0 Å². The molecule has 0 aromatic heterocycles. The highest BCUT2D eigenvalue weighted by molar-refractivity contribution is 5.86. The Morgan fingerprint density at radius 1 is 1.64 bits per heavy atom. The normalized spacial score (nSPS) is 42.4. The second-order valence-electron chi connectivity index (χ2n) is 4.74. The van der Waals surface area contributed by atoms with Crippen molar-refractivity contribution in [3.63, 3.8) is 0 Å². The van der Waals surface area contributed by atoms with E-state index in [0.717, 1.165) is 19.4 Å². The quantitative estimate of drug-likeness (QED) is 0.676. The first kappa shape index (κ1) is 9.90. The largest absolute Gasteiger partial charge is 0.341 e. The molecule has 3 atom stereocenters. The number of rotatable bonds is 1. The number of hydrogen-bond acceptors (Lipinski definition) is 2. The summed E-state index contributed by atoms with van der Waals surface area (Å²) < 4.78 is 13.0. The number of carbonyl (C=O) groups is 1. The van der Waals surface area contributed by atoms with Crippen LogP contribution in [0.5, 0.6) is 0 Å². The molecule has 1 saturated carbocycles. The molecule has 2 rings (SSSR count). The number of nitrogens with two attached hydrogens (primary N) is 1. The van der Waals surface area contributed by atoms with Gasteiger partial charge in [-0.3, -0.25) is 4.79 Å². The minimum Gasteiger partial charge on any atom is -0.341 e. The third-order valence-corrected chi connectivity index (χ3v) is 3.37. The molecular weight excluding hydrogens is 183 g/mol. The fraction of sp³-hybridized carbons (Fsp3) is 0.900. The predicted molar refractivity (Wildman–Crippen MR) is 51.4 cm³/mol. The fourth-order valence-electron chi connectivity index (χ4n) is 2.09. The third kappa shape index (κ3) is 1.52. The number of amides is 1. The Hall–Kier alpha value is -0.640. The minimum absolute atomic E-state index is 0.0415. The van der Waals surface area contributed by atoms with Crippen molar-refractivity contribution in [3.8, 4) is 0 Å². The van der Waals surface area contributed by atoms with E-state index < -0.39 is 11.6 Å². The Balaban J connectivity index is 1.98. The van der Waals surface area contributed by atoms with E-state index in [1.807, 2.05) is 0 Å². The molecule has 1 heterocycles. The first-order valence-electron chi connectivity index (χ1n) is 5.23. The van der Waals surface area contributed by atoms with E-state index in [-0.39, 0.29) is 11.9 Å². The highest BCUT2D eigenvalue weighted by Gasteiger charge is 2.58.